The van der Waals surface area contributed by atoms with E-state index in [2.05, 4.69) is 30.4 Å². The lowest BCUT2D eigenvalue weighted by atomic mass is 10.2. The van der Waals surface area contributed by atoms with Crippen LogP contribution in [0.3, 0.4) is 0 Å². The Hall–Kier alpha value is -0.780. The van der Waals surface area contributed by atoms with Gasteiger partial charge < -0.3 is 0 Å². The first-order valence-electron chi connectivity index (χ1n) is 2.92. The molecule has 42 valence electrons. The highest BCUT2D eigenvalue weighted by molar-refractivity contribution is 5.31. The highest BCUT2D eigenvalue weighted by Gasteiger charge is 1.90. The zero-order valence-corrected chi connectivity index (χ0v) is 5.09. The van der Waals surface area contributed by atoms with Crippen LogP contribution in [-0.4, -0.2) is 0 Å². The zero-order chi connectivity index (χ0) is 5.82. The second kappa shape index (κ2) is 2.51. The minimum Gasteiger partial charge on any atom is -0.0874 e. The Labute approximate surface area is 50.2 Å². The predicted molar refractivity (Wildman–Crippen MR) is 36.7 cm³/mol. The SMILES string of the molecule is C/C=C\C1=CC=CC1. The van der Waals surface area contributed by atoms with Gasteiger partial charge in [-0.15, -0.1) is 0 Å². The van der Waals surface area contributed by atoms with Crippen molar-refractivity contribution in [2.24, 2.45) is 0 Å². The van der Waals surface area contributed by atoms with Gasteiger partial charge in [-0.05, 0) is 18.9 Å². The Kier molecular flexibility index (Phi) is 1.68. The number of rotatable bonds is 1. The maximum Gasteiger partial charge on any atom is -0.00944 e. The molecule has 0 saturated heterocycles. The van der Waals surface area contributed by atoms with Crippen molar-refractivity contribution in [1.29, 1.82) is 0 Å². The molecule has 0 aliphatic heterocycles. The molecule has 0 radical (unpaired) electrons. The van der Waals surface area contributed by atoms with Crippen LogP contribution in [0.25, 0.3) is 0 Å². The Morgan fingerprint density at radius 2 is 2.50 bits per heavy atom. The standard InChI is InChI=1S/C8H10/c1-2-5-8-6-3-4-7-8/h2-6H,7H2,1H3/b5-2-. The van der Waals surface area contributed by atoms with E-state index in [1.54, 1.807) is 0 Å². The lowest BCUT2D eigenvalue weighted by molar-refractivity contribution is 1.33. The van der Waals surface area contributed by atoms with E-state index in [4.69, 9.17) is 0 Å². The van der Waals surface area contributed by atoms with Crippen LogP contribution in [-0.2, 0) is 0 Å². The molecule has 0 bridgehead atoms. The molecule has 0 heteroatoms. The summed E-state index contributed by atoms with van der Waals surface area (Å²) in [4.78, 5) is 0. The maximum atomic E-state index is 2.16. The van der Waals surface area contributed by atoms with Crippen molar-refractivity contribution in [2.75, 3.05) is 0 Å². The summed E-state index contributed by atoms with van der Waals surface area (Å²) in [6, 6.07) is 0. The minimum absolute atomic E-state index is 1.12. The van der Waals surface area contributed by atoms with Gasteiger partial charge in [-0.25, -0.2) is 0 Å². The summed E-state index contributed by atoms with van der Waals surface area (Å²) in [6.45, 7) is 2.04. The Morgan fingerprint density at radius 3 is 3.00 bits per heavy atom. The van der Waals surface area contributed by atoms with Gasteiger partial charge in [0.1, 0.15) is 0 Å². The predicted octanol–water partition coefficient (Wildman–Crippen LogP) is 2.45. The molecule has 0 N–H and O–H groups in total. The van der Waals surface area contributed by atoms with Crippen molar-refractivity contribution in [3.8, 4) is 0 Å². The molecule has 1 rings (SSSR count). The van der Waals surface area contributed by atoms with E-state index in [1.165, 1.54) is 5.57 Å². The fourth-order valence-corrected chi connectivity index (χ4v) is 0.801. The van der Waals surface area contributed by atoms with Gasteiger partial charge >= 0.3 is 0 Å². The van der Waals surface area contributed by atoms with Crippen molar-refractivity contribution >= 4 is 0 Å². The van der Waals surface area contributed by atoms with E-state index in [0.717, 1.165) is 6.42 Å². The molecule has 1 aliphatic carbocycles. The van der Waals surface area contributed by atoms with Crippen molar-refractivity contribution < 1.29 is 0 Å². The Balaban J connectivity index is 2.51. The van der Waals surface area contributed by atoms with Gasteiger partial charge in [0, 0.05) is 0 Å². The molecule has 0 amide bonds. The highest BCUT2D eigenvalue weighted by Crippen LogP contribution is 2.10. The summed E-state index contributed by atoms with van der Waals surface area (Å²) in [5.74, 6) is 0. The number of hydrogen-bond donors (Lipinski definition) is 0. The normalized spacial score (nSPS) is 17.9. The molecule has 0 unspecified atom stereocenters. The molecule has 0 heterocycles. The van der Waals surface area contributed by atoms with E-state index < -0.39 is 0 Å². The topological polar surface area (TPSA) is 0 Å². The second-order valence-corrected chi connectivity index (χ2v) is 1.87. The number of allylic oxidation sites excluding steroid dienone is 6. The monoisotopic (exact) mass is 106 g/mol. The summed E-state index contributed by atoms with van der Waals surface area (Å²) >= 11 is 0. The third kappa shape index (κ3) is 1.09. The minimum atomic E-state index is 1.12. The van der Waals surface area contributed by atoms with E-state index in [-0.39, 0.29) is 0 Å². The summed E-state index contributed by atoms with van der Waals surface area (Å²) in [5, 5.41) is 0. The van der Waals surface area contributed by atoms with E-state index in [1.807, 2.05) is 6.92 Å². The van der Waals surface area contributed by atoms with Crippen molar-refractivity contribution in [3.05, 3.63) is 36.0 Å². The average Bonchev–Trinajstić information content (AvgIpc) is 2.19. The molecule has 0 spiro atoms. The Morgan fingerprint density at radius 1 is 1.62 bits per heavy atom. The first-order chi connectivity index (χ1) is 3.93. The van der Waals surface area contributed by atoms with Gasteiger partial charge in [-0.1, -0.05) is 30.4 Å². The summed E-state index contributed by atoms with van der Waals surface area (Å²) in [6.07, 6.45) is 11.7. The van der Waals surface area contributed by atoms with Crippen molar-refractivity contribution in [1.82, 2.24) is 0 Å². The average molecular weight is 106 g/mol. The fraction of sp³-hybridized carbons (Fsp3) is 0.250. The lowest BCUT2D eigenvalue weighted by Crippen LogP contribution is -1.65. The molecule has 1 aliphatic rings. The van der Waals surface area contributed by atoms with Crippen LogP contribution >= 0.6 is 0 Å². The zero-order valence-electron chi connectivity index (χ0n) is 5.09. The molecule has 0 fully saturated rings. The van der Waals surface area contributed by atoms with Gasteiger partial charge in [-0.2, -0.15) is 0 Å². The lowest BCUT2D eigenvalue weighted by Gasteiger charge is -1.85. The van der Waals surface area contributed by atoms with Gasteiger partial charge in [0.2, 0.25) is 0 Å². The maximum absolute atomic E-state index is 2.16. The van der Waals surface area contributed by atoms with Crippen LogP contribution < -0.4 is 0 Å². The van der Waals surface area contributed by atoms with E-state index in [9.17, 15) is 0 Å². The van der Waals surface area contributed by atoms with Crippen LogP contribution in [0.1, 0.15) is 13.3 Å². The summed E-state index contributed by atoms with van der Waals surface area (Å²) < 4.78 is 0. The van der Waals surface area contributed by atoms with Crippen LogP contribution in [0, 0.1) is 0 Å². The van der Waals surface area contributed by atoms with Crippen molar-refractivity contribution in [2.45, 2.75) is 13.3 Å². The smallest absolute Gasteiger partial charge is 0.00944 e. The molecule has 0 aromatic heterocycles. The van der Waals surface area contributed by atoms with Crippen LogP contribution in [0.5, 0.6) is 0 Å². The van der Waals surface area contributed by atoms with Crippen LogP contribution in [0.15, 0.2) is 36.0 Å². The van der Waals surface area contributed by atoms with Gasteiger partial charge in [0.15, 0.2) is 0 Å². The first-order valence-corrected chi connectivity index (χ1v) is 2.92. The molecule has 0 atom stereocenters. The highest BCUT2D eigenvalue weighted by atomic mass is 14.0. The second-order valence-electron chi connectivity index (χ2n) is 1.87. The largest absolute Gasteiger partial charge is 0.0874 e. The van der Waals surface area contributed by atoms with E-state index >= 15 is 0 Å². The third-order valence-corrected chi connectivity index (χ3v) is 1.18. The molecular weight excluding hydrogens is 96.1 g/mol. The first kappa shape index (κ1) is 5.36. The van der Waals surface area contributed by atoms with Gasteiger partial charge in [0.25, 0.3) is 0 Å². The fourth-order valence-electron chi connectivity index (χ4n) is 0.801. The van der Waals surface area contributed by atoms with Crippen LogP contribution in [0.4, 0.5) is 0 Å². The summed E-state index contributed by atoms with van der Waals surface area (Å²) in [7, 11) is 0. The van der Waals surface area contributed by atoms with Crippen molar-refractivity contribution in [3.63, 3.8) is 0 Å². The molecule has 0 nitrogen and oxygen atoms in total. The summed E-state index contributed by atoms with van der Waals surface area (Å²) in [5.41, 5.74) is 1.41. The molecule has 0 aromatic rings. The molecule has 0 aromatic carbocycles. The molecular formula is C8H10. The molecule has 8 heavy (non-hydrogen) atoms. The van der Waals surface area contributed by atoms with Crippen LogP contribution in [0.2, 0.25) is 0 Å². The quantitative estimate of drug-likeness (QED) is 0.481. The third-order valence-electron chi connectivity index (χ3n) is 1.18. The molecule has 0 saturated carbocycles. The van der Waals surface area contributed by atoms with Gasteiger partial charge in [0.05, 0.1) is 0 Å². The number of hydrogen-bond acceptors (Lipinski definition) is 0. The Bertz CT molecular complexity index is 147. The van der Waals surface area contributed by atoms with Gasteiger partial charge in [-0.3, -0.25) is 0 Å². The van der Waals surface area contributed by atoms with E-state index in [0.29, 0.717) is 0 Å².